The molecule has 0 aliphatic carbocycles. The predicted octanol–water partition coefficient (Wildman–Crippen LogP) is 3.15. The molecule has 1 aromatic heterocycles. The monoisotopic (exact) mass is 377 g/mol. The minimum atomic E-state index is -0.612. The van der Waals surface area contributed by atoms with E-state index in [9.17, 15) is 14.7 Å². The third-order valence-corrected chi connectivity index (χ3v) is 4.48. The van der Waals surface area contributed by atoms with Crippen LogP contribution in [0.25, 0.3) is 22.2 Å². The van der Waals surface area contributed by atoms with E-state index in [1.807, 2.05) is 0 Å². The molecule has 25 heavy (non-hydrogen) atoms. The second kappa shape index (κ2) is 6.31. The van der Waals surface area contributed by atoms with E-state index >= 15 is 0 Å². The molecule has 0 saturated heterocycles. The molecule has 0 atom stereocenters. The Morgan fingerprint density at radius 3 is 2.48 bits per heavy atom. The summed E-state index contributed by atoms with van der Waals surface area (Å²) in [6, 6.07) is 7.61. The first kappa shape index (κ1) is 17.1. The SMILES string of the molecule is CNC(=O)c1cccc2c(=O)c(O)c(-c3cc(Cl)c(N)c(Cl)c3)[nH]c12. The standard InChI is InChI=1S/C17H13Cl2N3O3/c1-21-17(25)9-4-2-3-8-14(9)22-13(16(24)15(8)23)7-5-10(18)12(20)11(19)6-7/h2-6,24H,20H2,1H3,(H,21,25)(H,22,23). The predicted molar refractivity (Wildman–Crippen MR) is 99.5 cm³/mol. The number of aromatic nitrogens is 1. The molecule has 0 aliphatic heterocycles. The highest BCUT2D eigenvalue weighted by molar-refractivity contribution is 6.39. The normalized spacial score (nSPS) is 10.8. The number of nitrogen functional groups attached to an aromatic ring is 1. The van der Waals surface area contributed by atoms with Gasteiger partial charge in [0.25, 0.3) is 5.91 Å². The van der Waals surface area contributed by atoms with E-state index in [2.05, 4.69) is 10.3 Å². The van der Waals surface area contributed by atoms with Crippen LogP contribution in [0.3, 0.4) is 0 Å². The zero-order valence-electron chi connectivity index (χ0n) is 13.0. The molecule has 6 nitrogen and oxygen atoms in total. The van der Waals surface area contributed by atoms with Gasteiger partial charge in [0.05, 0.1) is 37.9 Å². The van der Waals surface area contributed by atoms with Crippen LogP contribution < -0.4 is 16.5 Å². The number of H-pyrrole nitrogens is 1. The van der Waals surface area contributed by atoms with Gasteiger partial charge in [0, 0.05) is 12.6 Å². The van der Waals surface area contributed by atoms with Crippen LogP contribution in [0.1, 0.15) is 10.4 Å². The van der Waals surface area contributed by atoms with Crippen molar-refractivity contribution >= 4 is 45.7 Å². The fourth-order valence-electron chi connectivity index (χ4n) is 2.56. The molecule has 0 radical (unpaired) electrons. The molecule has 128 valence electrons. The van der Waals surface area contributed by atoms with Crippen LogP contribution in [0.4, 0.5) is 5.69 Å². The van der Waals surface area contributed by atoms with Gasteiger partial charge < -0.3 is 21.1 Å². The lowest BCUT2D eigenvalue weighted by molar-refractivity contribution is 0.0964. The molecule has 0 aliphatic rings. The minimum Gasteiger partial charge on any atom is -0.503 e. The zero-order chi connectivity index (χ0) is 18.3. The second-order valence-electron chi connectivity index (χ2n) is 5.34. The van der Waals surface area contributed by atoms with Crippen molar-refractivity contribution in [3.63, 3.8) is 0 Å². The number of aromatic hydroxyl groups is 1. The topological polar surface area (TPSA) is 108 Å². The summed E-state index contributed by atoms with van der Waals surface area (Å²) in [4.78, 5) is 27.5. The fourth-order valence-corrected chi connectivity index (χ4v) is 3.05. The number of para-hydroxylation sites is 1. The number of pyridine rings is 1. The van der Waals surface area contributed by atoms with Crippen molar-refractivity contribution in [1.82, 2.24) is 10.3 Å². The molecule has 1 heterocycles. The molecule has 3 rings (SSSR count). The summed E-state index contributed by atoms with van der Waals surface area (Å²) in [5.74, 6) is -0.871. The Balaban J connectivity index is 2.39. The first-order chi connectivity index (χ1) is 11.8. The maximum Gasteiger partial charge on any atom is 0.253 e. The van der Waals surface area contributed by atoms with E-state index in [0.717, 1.165) is 0 Å². The van der Waals surface area contributed by atoms with E-state index < -0.39 is 11.2 Å². The Kier molecular flexibility index (Phi) is 4.32. The van der Waals surface area contributed by atoms with Gasteiger partial charge in [-0.25, -0.2) is 0 Å². The maximum absolute atomic E-state index is 12.5. The van der Waals surface area contributed by atoms with Gasteiger partial charge in [0.15, 0.2) is 5.75 Å². The average molecular weight is 378 g/mol. The second-order valence-corrected chi connectivity index (χ2v) is 6.15. The molecule has 8 heteroatoms. The fraction of sp³-hybridized carbons (Fsp3) is 0.0588. The van der Waals surface area contributed by atoms with Crippen molar-refractivity contribution in [2.45, 2.75) is 0 Å². The number of nitrogens with one attached hydrogen (secondary N) is 2. The number of hydrogen-bond donors (Lipinski definition) is 4. The van der Waals surface area contributed by atoms with Gasteiger partial charge >= 0.3 is 0 Å². The lowest BCUT2D eigenvalue weighted by Crippen LogP contribution is -2.19. The molecule has 1 amide bonds. The van der Waals surface area contributed by atoms with Crippen LogP contribution in [0.5, 0.6) is 5.75 Å². The highest BCUT2D eigenvalue weighted by Gasteiger charge is 2.18. The number of nitrogens with two attached hydrogens (primary N) is 1. The summed E-state index contributed by atoms with van der Waals surface area (Å²) in [6.45, 7) is 0. The van der Waals surface area contributed by atoms with Crippen molar-refractivity contribution in [2.24, 2.45) is 0 Å². The van der Waals surface area contributed by atoms with Gasteiger partial charge in [0.1, 0.15) is 0 Å². The Hall–Kier alpha value is -2.70. The number of rotatable bonds is 2. The summed E-state index contributed by atoms with van der Waals surface area (Å²) in [6.07, 6.45) is 0. The first-order valence-electron chi connectivity index (χ1n) is 7.20. The summed E-state index contributed by atoms with van der Waals surface area (Å²) in [7, 11) is 1.49. The molecule has 0 fully saturated rings. The third-order valence-electron chi connectivity index (χ3n) is 3.85. The molecule has 2 aromatic carbocycles. The Morgan fingerprint density at radius 1 is 1.24 bits per heavy atom. The summed E-state index contributed by atoms with van der Waals surface area (Å²) in [5, 5.41) is 13.4. The highest BCUT2D eigenvalue weighted by Crippen LogP contribution is 2.35. The molecule has 5 N–H and O–H groups in total. The Bertz CT molecular complexity index is 1050. The Labute approximate surface area is 152 Å². The van der Waals surface area contributed by atoms with E-state index in [0.29, 0.717) is 11.1 Å². The molecule has 3 aromatic rings. The smallest absolute Gasteiger partial charge is 0.253 e. The molecule has 0 unspecified atom stereocenters. The van der Waals surface area contributed by atoms with Crippen LogP contribution in [0, 0.1) is 0 Å². The number of anilines is 1. The number of carbonyl (C=O) groups is 1. The minimum absolute atomic E-state index is 0.0950. The zero-order valence-corrected chi connectivity index (χ0v) is 14.5. The van der Waals surface area contributed by atoms with Crippen LogP contribution in [0.15, 0.2) is 35.1 Å². The van der Waals surface area contributed by atoms with Crippen LogP contribution in [0.2, 0.25) is 10.0 Å². The van der Waals surface area contributed by atoms with Crippen LogP contribution in [-0.2, 0) is 0 Å². The molecule has 0 bridgehead atoms. The lowest BCUT2D eigenvalue weighted by atomic mass is 10.0. The lowest BCUT2D eigenvalue weighted by Gasteiger charge is -2.12. The summed E-state index contributed by atoms with van der Waals surface area (Å²) >= 11 is 12.1. The number of hydrogen-bond acceptors (Lipinski definition) is 4. The van der Waals surface area contributed by atoms with Gasteiger partial charge in [-0.15, -0.1) is 0 Å². The van der Waals surface area contributed by atoms with Crippen molar-refractivity contribution in [1.29, 1.82) is 0 Å². The molecule has 0 spiro atoms. The van der Waals surface area contributed by atoms with Crippen molar-refractivity contribution < 1.29 is 9.90 Å². The van der Waals surface area contributed by atoms with Gasteiger partial charge in [0.2, 0.25) is 5.43 Å². The third kappa shape index (κ3) is 2.79. The van der Waals surface area contributed by atoms with E-state index in [1.54, 1.807) is 12.1 Å². The van der Waals surface area contributed by atoms with E-state index in [1.165, 1.54) is 25.2 Å². The Morgan fingerprint density at radius 2 is 1.88 bits per heavy atom. The summed E-state index contributed by atoms with van der Waals surface area (Å²) < 4.78 is 0. The quantitative estimate of drug-likeness (QED) is 0.514. The number of carbonyl (C=O) groups excluding carboxylic acids is 1. The van der Waals surface area contributed by atoms with Crippen molar-refractivity contribution in [2.75, 3.05) is 12.8 Å². The maximum atomic E-state index is 12.5. The van der Waals surface area contributed by atoms with Crippen molar-refractivity contribution in [3.8, 4) is 17.0 Å². The average Bonchev–Trinajstić information content (AvgIpc) is 2.61. The van der Waals surface area contributed by atoms with Crippen molar-refractivity contribution in [3.05, 3.63) is 56.2 Å². The first-order valence-corrected chi connectivity index (χ1v) is 7.95. The highest BCUT2D eigenvalue weighted by atomic mass is 35.5. The van der Waals surface area contributed by atoms with Gasteiger partial charge in [-0.2, -0.15) is 0 Å². The largest absolute Gasteiger partial charge is 0.503 e. The van der Waals surface area contributed by atoms with Gasteiger partial charge in [-0.1, -0.05) is 29.3 Å². The molecular formula is C17H13Cl2N3O3. The van der Waals surface area contributed by atoms with Crippen LogP contribution in [-0.4, -0.2) is 23.0 Å². The summed E-state index contributed by atoms with van der Waals surface area (Å²) in [5.41, 5.74) is 6.33. The van der Waals surface area contributed by atoms with E-state index in [-0.39, 0.29) is 38.3 Å². The number of halogens is 2. The molecule has 0 saturated carbocycles. The number of benzene rings is 2. The van der Waals surface area contributed by atoms with Gasteiger partial charge in [-0.05, 0) is 24.3 Å². The number of fused-ring (bicyclic) bond motifs is 1. The van der Waals surface area contributed by atoms with Gasteiger partial charge in [-0.3, -0.25) is 9.59 Å². The molecular weight excluding hydrogens is 365 g/mol. The van der Waals surface area contributed by atoms with Crippen LogP contribution >= 0.6 is 23.2 Å². The van der Waals surface area contributed by atoms with E-state index in [4.69, 9.17) is 28.9 Å². The number of amides is 1. The number of aromatic amines is 1.